The standard InChI is InChI=1S/C24H26FNO2/c1-5-17-8-7-9-18(6-2)24(17)21-13-22(27-4)19(14-26-21)15-28-23-12-16(3)10-11-20(23)25/h7-14H,5-6,15H2,1-4H3. The Morgan fingerprint density at radius 1 is 0.929 bits per heavy atom. The number of aromatic nitrogens is 1. The summed E-state index contributed by atoms with van der Waals surface area (Å²) in [5.74, 6) is 0.542. The third-order valence-corrected chi connectivity index (χ3v) is 4.89. The van der Waals surface area contributed by atoms with E-state index >= 15 is 0 Å². The minimum atomic E-state index is -0.376. The van der Waals surface area contributed by atoms with Crippen molar-refractivity contribution >= 4 is 0 Å². The molecule has 0 saturated carbocycles. The van der Waals surface area contributed by atoms with E-state index < -0.39 is 0 Å². The number of pyridine rings is 1. The zero-order valence-electron chi connectivity index (χ0n) is 16.9. The molecule has 3 rings (SSSR count). The lowest BCUT2D eigenvalue weighted by atomic mass is 9.94. The number of aryl methyl sites for hydroxylation is 3. The molecule has 0 N–H and O–H groups in total. The van der Waals surface area contributed by atoms with E-state index in [4.69, 9.17) is 9.47 Å². The van der Waals surface area contributed by atoms with Gasteiger partial charge in [-0.25, -0.2) is 4.39 Å². The van der Waals surface area contributed by atoms with Gasteiger partial charge in [0.05, 0.1) is 12.8 Å². The maximum Gasteiger partial charge on any atom is 0.165 e. The van der Waals surface area contributed by atoms with Gasteiger partial charge in [0, 0.05) is 23.4 Å². The molecule has 2 aromatic carbocycles. The summed E-state index contributed by atoms with van der Waals surface area (Å²) in [6.07, 6.45) is 3.63. The molecule has 146 valence electrons. The van der Waals surface area contributed by atoms with Crippen molar-refractivity contribution in [1.29, 1.82) is 0 Å². The fraction of sp³-hybridized carbons (Fsp3) is 0.292. The number of ether oxygens (including phenoxy) is 2. The maximum absolute atomic E-state index is 13.9. The number of nitrogens with zero attached hydrogens (tertiary/aromatic N) is 1. The first-order valence-electron chi connectivity index (χ1n) is 9.60. The molecule has 1 aromatic heterocycles. The van der Waals surface area contributed by atoms with Gasteiger partial charge in [0.2, 0.25) is 0 Å². The van der Waals surface area contributed by atoms with Crippen molar-refractivity contribution < 1.29 is 13.9 Å². The summed E-state index contributed by atoms with van der Waals surface area (Å²) in [6, 6.07) is 13.1. The molecule has 0 aliphatic rings. The predicted octanol–water partition coefficient (Wildman–Crippen LogP) is 5.91. The zero-order valence-corrected chi connectivity index (χ0v) is 16.9. The SMILES string of the molecule is CCc1cccc(CC)c1-c1cc(OC)c(COc2cc(C)ccc2F)cn1. The van der Waals surface area contributed by atoms with Crippen molar-refractivity contribution in [2.45, 2.75) is 40.2 Å². The van der Waals surface area contributed by atoms with Crippen molar-refractivity contribution in [3.8, 4) is 22.8 Å². The van der Waals surface area contributed by atoms with Gasteiger partial charge in [0.15, 0.2) is 11.6 Å². The highest BCUT2D eigenvalue weighted by Crippen LogP contribution is 2.32. The molecule has 3 aromatic rings. The van der Waals surface area contributed by atoms with Crippen molar-refractivity contribution in [3.05, 3.63) is 76.7 Å². The lowest BCUT2D eigenvalue weighted by Crippen LogP contribution is -2.03. The van der Waals surface area contributed by atoms with E-state index in [9.17, 15) is 4.39 Å². The fourth-order valence-corrected chi connectivity index (χ4v) is 3.35. The lowest BCUT2D eigenvalue weighted by Gasteiger charge is -2.16. The summed E-state index contributed by atoms with van der Waals surface area (Å²) in [5.41, 5.74) is 6.30. The second-order valence-corrected chi connectivity index (χ2v) is 6.76. The first-order chi connectivity index (χ1) is 13.6. The molecule has 28 heavy (non-hydrogen) atoms. The van der Waals surface area contributed by atoms with Gasteiger partial charge in [0.1, 0.15) is 12.4 Å². The molecular formula is C24H26FNO2. The van der Waals surface area contributed by atoms with Gasteiger partial charge in [-0.3, -0.25) is 4.98 Å². The van der Waals surface area contributed by atoms with E-state index in [-0.39, 0.29) is 18.2 Å². The molecule has 0 aliphatic heterocycles. The van der Waals surface area contributed by atoms with Crippen LogP contribution in [0.5, 0.6) is 11.5 Å². The summed E-state index contributed by atoms with van der Waals surface area (Å²) in [7, 11) is 1.63. The van der Waals surface area contributed by atoms with E-state index in [2.05, 4.69) is 37.0 Å². The Labute approximate surface area is 166 Å². The van der Waals surface area contributed by atoms with Crippen molar-refractivity contribution in [2.75, 3.05) is 7.11 Å². The van der Waals surface area contributed by atoms with Gasteiger partial charge in [0.25, 0.3) is 0 Å². The van der Waals surface area contributed by atoms with Crippen LogP contribution in [-0.2, 0) is 19.4 Å². The van der Waals surface area contributed by atoms with Crippen molar-refractivity contribution in [3.63, 3.8) is 0 Å². The summed E-state index contributed by atoms with van der Waals surface area (Å²) in [4.78, 5) is 4.67. The highest BCUT2D eigenvalue weighted by Gasteiger charge is 2.14. The Balaban J connectivity index is 1.92. The van der Waals surface area contributed by atoms with Crippen LogP contribution in [0.15, 0.2) is 48.7 Å². The molecule has 1 heterocycles. The minimum absolute atomic E-state index is 0.187. The van der Waals surface area contributed by atoms with Gasteiger partial charge in [-0.15, -0.1) is 0 Å². The summed E-state index contributed by atoms with van der Waals surface area (Å²) in [5, 5.41) is 0. The second kappa shape index (κ2) is 8.87. The topological polar surface area (TPSA) is 31.4 Å². The number of rotatable bonds is 7. The average Bonchev–Trinajstić information content (AvgIpc) is 2.73. The molecule has 0 amide bonds. The molecule has 0 fully saturated rings. The smallest absolute Gasteiger partial charge is 0.165 e. The van der Waals surface area contributed by atoms with E-state index in [0.29, 0.717) is 5.75 Å². The van der Waals surface area contributed by atoms with Crippen molar-refractivity contribution in [2.24, 2.45) is 0 Å². The third-order valence-electron chi connectivity index (χ3n) is 4.89. The molecule has 0 radical (unpaired) electrons. The van der Waals surface area contributed by atoms with Gasteiger partial charge in [-0.05, 0) is 48.6 Å². The largest absolute Gasteiger partial charge is 0.496 e. The number of hydrogen-bond donors (Lipinski definition) is 0. The normalized spacial score (nSPS) is 10.8. The van der Waals surface area contributed by atoms with E-state index in [1.807, 2.05) is 13.0 Å². The first kappa shape index (κ1) is 19.9. The van der Waals surface area contributed by atoms with Crippen LogP contribution >= 0.6 is 0 Å². The molecule has 0 unspecified atom stereocenters. The quantitative estimate of drug-likeness (QED) is 0.511. The average molecular weight is 379 g/mol. The van der Waals surface area contributed by atoms with Gasteiger partial charge in [-0.1, -0.05) is 38.1 Å². The van der Waals surface area contributed by atoms with Crippen LogP contribution in [-0.4, -0.2) is 12.1 Å². The summed E-state index contributed by atoms with van der Waals surface area (Å²) < 4.78 is 25.2. The van der Waals surface area contributed by atoms with Gasteiger partial charge >= 0.3 is 0 Å². The van der Waals surface area contributed by atoms with Crippen LogP contribution in [0.25, 0.3) is 11.3 Å². The maximum atomic E-state index is 13.9. The molecular weight excluding hydrogens is 353 g/mol. The first-order valence-corrected chi connectivity index (χ1v) is 9.60. The van der Waals surface area contributed by atoms with Crippen LogP contribution in [0.2, 0.25) is 0 Å². The van der Waals surface area contributed by atoms with Gasteiger partial charge < -0.3 is 9.47 Å². The van der Waals surface area contributed by atoms with Crippen LogP contribution in [0.3, 0.4) is 0 Å². The molecule has 3 nitrogen and oxygen atoms in total. The fourth-order valence-electron chi connectivity index (χ4n) is 3.35. The second-order valence-electron chi connectivity index (χ2n) is 6.76. The van der Waals surface area contributed by atoms with Crippen LogP contribution < -0.4 is 9.47 Å². The predicted molar refractivity (Wildman–Crippen MR) is 110 cm³/mol. The Bertz CT molecular complexity index is 947. The Kier molecular flexibility index (Phi) is 6.30. The minimum Gasteiger partial charge on any atom is -0.496 e. The summed E-state index contributed by atoms with van der Waals surface area (Å²) >= 11 is 0. The summed E-state index contributed by atoms with van der Waals surface area (Å²) in [6.45, 7) is 6.38. The Morgan fingerprint density at radius 2 is 1.64 bits per heavy atom. The molecule has 0 bridgehead atoms. The monoisotopic (exact) mass is 379 g/mol. The highest BCUT2D eigenvalue weighted by molar-refractivity contribution is 5.69. The van der Waals surface area contributed by atoms with Crippen LogP contribution in [0.1, 0.15) is 36.1 Å². The number of methoxy groups -OCH3 is 1. The van der Waals surface area contributed by atoms with E-state index in [0.717, 1.165) is 29.7 Å². The Morgan fingerprint density at radius 3 is 2.29 bits per heavy atom. The zero-order chi connectivity index (χ0) is 20.1. The molecule has 0 aliphatic carbocycles. The number of halogens is 1. The van der Waals surface area contributed by atoms with Gasteiger partial charge in [-0.2, -0.15) is 0 Å². The third kappa shape index (κ3) is 4.16. The molecule has 0 spiro atoms. The molecule has 0 saturated heterocycles. The lowest BCUT2D eigenvalue weighted by molar-refractivity contribution is 0.282. The van der Waals surface area contributed by atoms with Crippen LogP contribution in [0, 0.1) is 12.7 Å². The molecule has 0 atom stereocenters. The van der Waals surface area contributed by atoms with Crippen LogP contribution in [0.4, 0.5) is 4.39 Å². The Hall–Kier alpha value is -2.88. The highest BCUT2D eigenvalue weighted by atomic mass is 19.1. The van der Waals surface area contributed by atoms with Crippen molar-refractivity contribution in [1.82, 2.24) is 4.98 Å². The molecule has 4 heteroatoms. The van der Waals surface area contributed by atoms with E-state index in [1.165, 1.54) is 22.8 Å². The van der Waals surface area contributed by atoms with E-state index in [1.54, 1.807) is 25.4 Å². The number of benzene rings is 2. The number of hydrogen-bond acceptors (Lipinski definition) is 3.